The topological polar surface area (TPSA) is 12.5 Å². The van der Waals surface area contributed by atoms with Crippen molar-refractivity contribution in [3.05, 3.63) is 59.2 Å². The molecule has 0 bridgehead atoms. The zero-order valence-corrected chi connectivity index (χ0v) is 16.4. The van der Waals surface area contributed by atoms with E-state index in [0.29, 0.717) is 0 Å². The van der Waals surface area contributed by atoms with Gasteiger partial charge in [0.15, 0.2) is 0 Å². The number of methoxy groups -OCH3 is 1. The maximum absolute atomic E-state index is 5.41. The Morgan fingerprint density at radius 3 is 2.46 bits per heavy atom. The van der Waals surface area contributed by atoms with Crippen LogP contribution in [0.4, 0.5) is 0 Å². The van der Waals surface area contributed by atoms with Gasteiger partial charge in [0.1, 0.15) is 0 Å². The van der Waals surface area contributed by atoms with Crippen LogP contribution < -0.4 is 0 Å². The Morgan fingerprint density at radius 1 is 1.00 bits per heavy atom. The first-order chi connectivity index (χ1) is 12.7. The fourth-order valence-electron chi connectivity index (χ4n) is 4.78. The van der Waals surface area contributed by atoms with Gasteiger partial charge in [0, 0.05) is 19.2 Å². The summed E-state index contributed by atoms with van der Waals surface area (Å²) in [6.07, 6.45) is 6.66. The summed E-state index contributed by atoms with van der Waals surface area (Å²) in [5, 5.41) is 0. The van der Waals surface area contributed by atoms with E-state index < -0.39 is 0 Å². The number of rotatable bonds is 4. The molecule has 26 heavy (non-hydrogen) atoms. The van der Waals surface area contributed by atoms with Gasteiger partial charge in [-0.15, -0.1) is 0 Å². The van der Waals surface area contributed by atoms with Gasteiger partial charge in [0.2, 0.25) is 0 Å². The molecular weight excluding hydrogens is 318 g/mol. The molecule has 0 amide bonds. The molecule has 1 aliphatic carbocycles. The lowest BCUT2D eigenvalue weighted by atomic mass is 9.85. The minimum atomic E-state index is 0.150. The van der Waals surface area contributed by atoms with Gasteiger partial charge < -0.3 is 4.74 Å². The van der Waals surface area contributed by atoms with Crippen LogP contribution in [0.2, 0.25) is 0 Å². The average molecular weight is 350 g/mol. The van der Waals surface area contributed by atoms with Crippen LogP contribution in [0.3, 0.4) is 0 Å². The molecule has 0 aromatic heterocycles. The molecule has 3 atom stereocenters. The zero-order valence-electron chi connectivity index (χ0n) is 16.4. The maximum atomic E-state index is 5.41. The molecular formula is C24H31NO. The first-order valence-corrected chi connectivity index (χ1v) is 10.2. The van der Waals surface area contributed by atoms with Gasteiger partial charge >= 0.3 is 0 Å². The normalized spacial score (nSPS) is 24.4. The second kappa shape index (κ2) is 7.54. The summed E-state index contributed by atoms with van der Waals surface area (Å²) in [4.78, 5) is 2.76. The molecule has 2 nitrogen and oxygen atoms in total. The monoisotopic (exact) mass is 349 g/mol. The van der Waals surface area contributed by atoms with Crippen LogP contribution in [0.1, 0.15) is 55.9 Å². The fraction of sp³-hybridized carbons (Fsp3) is 0.500. The molecule has 0 spiro atoms. The number of nitrogens with zero attached hydrogens (tertiary/aromatic N) is 1. The summed E-state index contributed by atoms with van der Waals surface area (Å²) in [5.41, 5.74) is 6.99. The summed E-state index contributed by atoms with van der Waals surface area (Å²) in [6, 6.07) is 17.5. The van der Waals surface area contributed by atoms with Crippen LogP contribution in [0, 0.1) is 0 Å². The number of ether oxygens (including phenoxy) is 1. The molecule has 1 saturated heterocycles. The Kier molecular flexibility index (Phi) is 5.15. The summed E-state index contributed by atoms with van der Waals surface area (Å²) >= 11 is 0. The largest absolute Gasteiger partial charge is 0.377 e. The molecule has 0 radical (unpaired) electrons. The Bertz CT molecular complexity index is 751. The number of benzene rings is 2. The molecule has 0 saturated carbocycles. The smallest absolute Gasteiger partial charge is 0.0793 e. The van der Waals surface area contributed by atoms with Crippen molar-refractivity contribution >= 4 is 0 Å². The van der Waals surface area contributed by atoms with Crippen molar-refractivity contribution in [3.63, 3.8) is 0 Å². The fourth-order valence-corrected chi connectivity index (χ4v) is 4.78. The molecule has 2 aromatic rings. The minimum Gasteiger partial charge on any atom is -0.377 e. The van der Waals surface area contributed by atoms with Crippen molar-refractivity contribution in [2.45, 2.75) is 64.1 Å². The lowest BCUT2D eigenvalue weighted by Gasteiger charge is -2.35. The number of hydrogen-bond acceptors (Lipinski definition) is 2. The van der Waals surface area contributed by atoms with Gasteiger partial charge in [-0.2, -0.15) is 0 Å². The van der Waals surface area contributed by atoms with Crippen LogP contribution in [0.15, 0.2) is 42.5 Å². The second-order valence-electron chi connectivity index (χ2n) is 8.11. The number of hydrogen-bond donors (Lipinski definition) is 0. The van der Waals surface area contributed by atoms with E-state index in [9.17, 15) is 0 Å². The summed E-state index contributed by atoms with van der Waals surface area (Å²) in [6.45, 7) is 5.79. The molecule has 2 aromatic carbocycles. The minimum absolute atomic E-state index is 0.150. The number of likely N-dealkylation sites (tertiary alicyclic amines) is 1. The highest BCUT2D eigenvalue weighted by Crippen LogP contribution is 2.32. The first-order valence-electron chi connectivity index (χ1n) is 10.2. The lowest BCUT2D eigenvalue weighted by Crippen LogP contribution is -2.41. The summed E-state index contributed by atoms with van der Waals surface area (Å²) in [5.74, 6) is 0. The van der Waals surface area contributed by atoms with Crippen LogP contribution in [-0.4, -0.2) is 30.6 Å². The molecule has 1 aliphatic heterocycles. The highest BCUT2D eigenvalue weighted by molar-refractivity contribution is 5.65. The van der Waals surface area contributed by atoms with Crippen LogP contribution in [0.25, 0.3) is 11.1 Å². The highest BCUT2D eigenvalue weighted by Gasteiger charge is 2.30. The molecule has 0 N–H and O–H groups in total. The molecule has 138 valence electrons. The van der Waals surface area contributed by atoms with Gasteiger partial charge in [0.05, 0.1) is 6.10 Å². The second-order valence-corrected chi connectivity index (χ2v) is 8.11. The van der Waals surface area contributed by atoms with Crippen LogP contribution >= 0.6 is 0 Å². The average Bonchev–Trinajstić information content (AvgIpc) is 3.12. The van der Waals surface area contributed by atoms with Gasteiger partial charge in [-0.1, -0.05) is 42.5 Å². The van der Waals surface area contributed by atoms with Crippen LogP contribution in [-0.2, 0) is 17.6 Å². The van der Waals surface area contributed by atoms with Crippen molar-refractivity contribution in [3.8, 4) is 11.1 Å². The van der Waals surface area contributed by atoms with Crippen molar-refractivity contribution < 1.29 is 4.74 Å². The Morgan fingerprint density at radius 2 is 1.77 bits per heavy atom. The number of fused-ring (bicyclic) bond motifs is 1. The van der Waals surface area contributed by atoms with E-state index in [2.05, 4.69) is 61.2 Å². The predicted octanol–water partition coefficient (Wildman–Crippen LogP) is 5.40. The van der Waals surface area contributed by atoms with Crippen molar-refractivity contribution in [1.29, 1.82) is 0 Å². The number of aryl methyl sites for hydroxylation is 1. The van der Waals surface area contributed by atoms with Gasteiger partial charge in [-0.05, 0) is 80.3 Å². The molecule has 2 aliphatic rings. The van der Waals surface area contributed by atoms with Crippen molar-refractivity contribution in [1.82, 2.24) is 4.90 Å². The van der Waals surface area contributed by atoms with Crippen LogP contribution in [0.5, 0.6) is 0 Å². The quantitative estimate of drug-likeness (QED) is 0.732. The van der Waals surface area contributed by atoms with Gasteiger partial charge in [-0.3, -0.25) is 4.90 Å². The summed E-state index contributed by atoms with van der Waals surface area (Å²) in [7, 11) is 1.76. The van der Waals surface area contributed by atoms with E-state index in [1.54, 1.807) is 18.2 Å². The lowest BCUT2D eigenvalue weighted by molar-refractivity contribution is 0.119. The molecule has 1 heterocycles. The molecule has 2 heteroatoms. The van der Waals surface area contributed by atoms with Gasteiger partial charge in [0.25, 0.3) is 0 Å². The van der Waals surface area contributed by atoms with E-state index in [4.69, 9.17) is 4.74 Å². The Labute approximate surface area is 158 Å². The van der Waals surface area contributed by atoms with E-state index in [1.165, 1.54) is 55.3 Å². The summed E-state index contributed by atoms with van der Waals surface area (Å²) < 4.78 is 5.41. The van der Waals surface area contributed by atoms with E-state index in [0.717, 1.165) is 12.1 Å². The maximum Gasteiger partial charge on any atom is 0.0793 e. The third-order valence-corrected chi connectivity index (χ3v) is 6.55. The third kappa shape index (κ3) is 3.45. The van der Waals surface area contributed by atoms with E-state index >= 15 is 0 Å². The molecule has 1 fully saturated rings. The van der Waals surface area contributed by atoms with E-state index in [-0.39, 0.29) is 6.10 Å². The van der Waals surface area contributed by atoms with Gasteiger partial charge in [-0.25, -0.2) is 0 Å². The Balaban J connectivity index is 1.51. The molecule has 4 rings (SSSR count). The van der Waals surface area contributed by atoms with E-state index in [1.807, 2.05) is 0 Å². The van der Waals surface area contributed by atoms with Crippen molar-refractivity contribution in [2.75, 3.05) is 13.7 Å². The third-order valence-electron chi connectivity index (χ3n) is 6.55. The molecule has 3 unspecified atom stereocenters. The predicted molar refractivity (Wildman–Crippen MR) is 109 cm³/mol. The zero-order chi connectivity index (χ0) is 18.1. The van der Waals surface area contributed by atoms with Crippen molar-refractivity contribution in [2.24, 2.45) is 0 Å². The highest BCUT2D eigenvalue weighted by atomic mass is 16.5. The Hall–Kier alpha value is -1.64. The SMILES string of the molecule is COC(C)c1ccc(-c2ccc3c(c2)CCC(N2CCCC2C)C3)cc1. The first kappa shape index (κ1) is 17.8. The standard InChI is InChI=1S/C24H31NO/c1-17-5-4-14-25(17)24-13-12-22-15-21(10-11-23(22)16-24)20-8-6-19(7-9-20)18(2)26-3/h6-11,15,17-18,24H,4-5,12-14,16H2,1-3H3.